The Bertz CT molecular complexity index is 340. The number of methoxy groups -OCH3 is 1. The van der Waals surface area contributed by atoms with Gasteiger partial charge < -0.3 is 14.5 Å². The van der Waals surface area contributed by atoms with Crippen LogP contribution in [-0.2, 0) is 4.74 Å². The molecule has 2 aliphatic heterocycles. The molecule has 142 valence electrons. The van der Waals surface area contributed by atoms with Gasteiger partial charge in [0.25, 0.3) is 0 Å². The molecule has 1 unspecified atom stereocenters. The molecular formula is C20H41N3O. The average molecular weight is 340 g/mol. The minimum absolute atomic E-state index is 0.578. The van der Waals surface area contributed by atoms with Gasteiger partial charge in [0.1, 0.15) is 0 Å². The summed E-state index contributed by atoms with van der Waals surface area (Å²) >= 11 is 0. The van der Waals surface area contributed by atoms with Crippen molar-refractivity contribution >= 4 is 0 Å². The van der Waals surface area contributed by atoms with Crippen molar-refractivity contribution in [2.75, 3.05) is 59.5 Å². The third-order valence-corrected chi connectivity index (χ3v) is 5.88. The number of piperidine rings is 1. The quantitative estimate of drug-likeness (QED) is 0.677. The van der Waals surface area contributed by atoms with Crippen LogP contribution in [0, 0.1) is 11.8 Å². The van der Waals surface area contributed by atoms with E-state index < -0.39 is 0 Å². The van der Waals surface area contributed by atoms with E-state index >= 15 is 0 Å². The van der Waals surface area contributed by atoms with Crippen LogP contribution < -0.4 is 0 Å². The summed E-state index contributed by atoms with van der Waals surface area (Å²) in [6.07, 6.45) is 4.18. The van der Waals surface area contributed by atoms with Crippen molar-refractivity contribution in [3.05, 3.63) is 0 Å². The van der Waals surface area contributed by atoms with E-state index in [4.69, 9.17) is 4.74 Å². The molecule has 0 bridgehead atoms. The molecule has 2 aliphatic rings. The normalized spacial score (nSPS) is 25.9. The van der Waals surface area contributed by atoms with Crippen LogP contribution in [0.2, 0.25) is 0 Å². The highest BCUT2D eigenvalue weighted by Gasteiger charge is 2.28. The van der Waals surface area contributed by atoms with Gasteiger partial charge in [0.05, 0.1) is 6.61 Å². The highest BCUT2D eigenvalue weighted by Crippen LogP contribution is 2.23. The summed E-state index contributed by atoms with van der Waals surface area (Å²) in [5, 5.41) is 0. The molecule has 2 saturated heterocycles. The number of hydrogen-bond acceptors (Lipinski definition) is 4. The second kappa shape index (κ2) is 10.1. The van der Waals surface area contributed by atoms with Gasteiger partial charge in [0.15, 0.2) is 0 Å². The van der Waals surface area contributed by atoms with Gasteiger partial charge in [-0.3, -0.25) is 4.90 Å². The van der Waals surface area contributed by atoms with Crippen LogP contribution in [0.1, 0.15) is 47.0 Å². The first-order valence-corrected chi connectivity index (χ1v) is 10.2. The molecule has 0 spiro atoms. The first kappa shape index (κ1) is 20.2. The molecule has 0 aromatic heterocycles. The predicted molar refractivity (Wildman–Crippen MR) is 103 cm³/mol. The maximum Gasteiger partial charge on any atom is 0.0630 e. The number of hydrogen-bond donors (Lipinski definition) is 0. The van der Waals surface area contributed by atoms with Crippen molar-refractivity contribution in [1.29, 1.82) is 0 Å². The fourth-order valence-electron chi connectivity index (χ4n) is 4.34. The summed E-state index contributed by atoms with van der Waals surface area (Å²) in [6.45, 7) is 18.9. The van der Waals surface area contributed by atoms with Gasteiger partial charge in [-0.25, -0.2) is 0 Å². The number of ether oxygens (including phenoxy) is 1. The Balaban J connectivity index is 1.72. The topological polar surface area (TPSA) is 19.0 Å². The molecule has 2 fully saturated rings. The molecular weight excluding hydrogens is 298 g/mol. The maximum atomic E-state index is 5.50. The average Bonchev–Trinajstić information content (AvgIpc) is 2.55. The van der Waals surface area contributed by atoms with E-state index in [9.17, 15) is 0 Å². The lowest BCUT2D eigenvalue weighted by molar-refractivity contribution is 0.0162. The van der Waals surface area contributed by atoms with Crippen molar-refractivity contribution < 1.29 is 4.74 Å². The molecule has 0 N–H and O–H groups in total. The molecule has 4 nitrogen and oxygen atoms in total. The lowest BCUT2D eigenvalue weighted by Crippen LogP contribution is -2.55. The molecule has 0 radical (unpaired) electrons. The van der Waals surface area contributed by atoms with Crippen molar-refractivity contribution in [2.24, 2.45) is 11.8 Å². The third-order valence-electron chi connectivity index (χ3n) is 5.88. The monoisotopic (exact) mass is 339 g/mol. The molecule has 0 amide bonds. The van der Waals surface area contributed by atoms with Crippen LogP contribution in [-0.4, -0.2) is 86.3 Å². The summed E-state index contributed by atoms with van der Waals surface area (Å²) < 4.78 is 5.50. The van der Waals surface area contributed by atoms with E-state index in [-0.39, 0.29) is 0 Å². The molecule has 4 heteroatoms. The molecule has 2 heterocycles. The Hall–Kier alpha value is -0.160. The number of rotatable bonds is 8. The Morgan fingerprint density at radius 1 is 1.00 bits per heavy atom. The molecule has 0 aromatic rings. The standard InChI is InChI=1S/C20H41N3O/c1-17(2)14-23-13-12-21(15-20(23)16-24-5)9-6-19-7-10-22(11-8-19)18(3)4/h17-20H,6-16H2,1-5H3. The Morgan fingerprint density at radius 3 is 2.29 bits per heavy atom. The first-order chi connectivity index (χ1) is 11.5. The minimum atomic E-state index is 0.578. The van der Waals surface area contributed by atoms with Gasteiger partial charge in [-0.1, -0.05) is 13.8 Å². The van der Waals surface area contributed by atoms with E-state index in [1.54, 1.807) is 0 Å². The van der Waals surface area contributed by atoms with Crippen molar-refractivity contribution in [1.82, 2.24) is 14.7 Å². The zero-order valence-electron chi connectivity index (χ0n) is 16.8. The third kappa shape index (κ3) is 6.29. The van der Waals surface area contributed by atoms with Crippen molar-refractivity contribution in [2.45, 2.75) is 59.0 Å². The molecule has 0 aromatic carbocycles. The van der Waals surface area contributed by atoms with Gasteiger partial charge in [-0.2, -0.15) is 0 Å². The second-order valence-corrected chi connectivity index (χ2v) is 8.66. The fourth-order valence-corrected chi connectivity index (χ4v) is 4.34. The Labute approximate surface area is 150 Å². The van der Waals surface area contributed by atoms with Gasteiger partial charge in [-0.15, -0.1) is 0 Å². The van der Waals surface area contributed by atoms with E-state index in [0.717, 1.165) is 24.5 Å². The van der Waals surface area contributed by atoms with E-state index in [2.05, 4.69) is 42.4 Å². The van der Waals surface area contributed by atoms with Gasteiger partial charge in [0.2, 0.25) is 0 Å². The summed E-state index contributed by atoms with van der Waals surface area (Å²) in [4.78, 5) is 7.97. The van der Waals surface area contributed by atoms with E-state index in [0.29, 0.717) is 6.04 Å². The van der Waals surface area contributed by atoms with Gasteiger partial charge >= 0.3 is 0 Å². The minimum Gasteiger partial charge on any atom is -0.383 e. The van der Waals surface area contributed by atoms with Crippen LogP contribution >= 0.6 is 0 Å². The Kier molecular flexibility index (Phi) is 8.48. The zero-order chi connectivity index (χ0) is 17.5. The molecule has 1 atom stereocenters. The summed E-state index contributed by atoms with van der Waals surface area (Å²) in [6, 6.07) is 1.30. The van der Waals surface area contributed by atoms with Crippen LogP contribution in [0.15, 0.2) is 0 Å². The molecule has 2 rings (SSSR count). The predicted octanol–water partition coefficient (Wildman–Crippen LogP) is 2.79. The van der Waals surface area contributed by atoms with Crippen molar-refractivity contribution in [3.63, 3.8) is 0 Å². The van der Waals surface area contributed by atoms with Crippen LogP contribution in [0.3, 0.4) is 0 Å². The fraction of sp³-hybridized carbons (Fsp3) is 1.00. The van der Waals surface area contributed by atoms with Crippen LogP contribution in [0.4, 0.5) is 0 Å². The number of likely N-dealkylation sites (tertiary alicyclic amines) is 1. The SMILES string of the molecule is COCC1CN(CCC2CCN(C(C)C)CC2)CCN1CC(C)C. The lowest BCUT2D eigenvalue weighted by Gasteiger charge is -2.42. The second-order valence-electron chi connectivity index (χ2n) is 8.66. The van der Waals surface area contributed by atoms with Crippen LogP contribution in [0.25, 0.3) is 0 Å². The Morgan fingerprint density at radius 2 is 1.71 bits per heavy atom. The summed E-state index contributed by atoms with van der Waals surface area (Å²) in [5.74, 6) is 1.68. The summed E-state index contributed by atoms with van der Waals surface area (Å²) in [7, 11) is 1.84. The van der Waals surface area contributed by atoms with Gasteiger partial charge in [0, 0.05) is 45.4 Å². The van der Waals surface area contributed by atoms with Crippen molar-refractivity contribution in [3.8, 4) is 0 Å². The highest BCUT2D eigenvalue weighted by molar-refractivity contribution is 4.83. The highest BCUT2D eigenvalue weighted by atomic mass is 16.5. The smallest absolute Gasteiger partial charge is 0.0630 e. The van der Waals surface area contributed by atoms with E-state index in [1.807, 2.05) is 7.11 Å². The number of piperazine rings is 1. The van der Waals surface area contributed by atoms with Crippen LogP contribution in [0.5, 0.6) is 0 Å². The summed E-state index contributed by atoms with van der Waals surface area (Å²) in [5.41, 5.74) is 0. The lowest BCUT2D eigenvalue weighted by atomic mass is 9.92. The zero-order valence-corrected chi connectivity index (χ0v) is 16.8. The molecule has 0 aliphatic carbocycles. The van der Waals surface area contributed by atoms with E-state index in [1.165, 1.54) is 65.1 Å². The first-order valence-electron chi connectivity index (χ1n) is 10.2. The maximum absolute atomic E-state index is 5.50. The molecule has 0 saturated carbocycles. The largest absolute Gasteiger partial charge is 0.383 e. The van der Waals surface area contributed by atoms with Gasteiger partial charge in [-0.05, 0) is 64.6 Å². The number of nitrogens with zero attached hydrogens (tertiary/aromatic N) is 3. The molecule has 24 heavy (non-hydrogen) atoms.